The zero-order valence-electron chi connectivity index (χ0n) is 17.9. The molecule has 1 fully saturated rings. The van der Waals surface area contributed by atoms with Crippen LogP contribution in [0.1, 0.15) is 27.3 Å². The van der Waals surface area contributed by atoms with E-state index < -0.39 is 12.8 Å². The lowest BCUT2D eigenvalue weighted by Gasteiger charge is -2.34. The average Bonchev–Trinajstić information content (AvgIpc) is 3.06. The molecule has 7 nitrogen and oxygen atoms in total. The first-order valence-corrected chi connectivity index (χ1v) is 10.3. The van der Waals surface area contributed by atoms with Crippen molar-refractivity contribution in [3.05, 3.63) is 59.2 Å². The van der Waals surface area contributed by atoms with Crippen molar-refractivity contribution in [2.75, 3.05) is 32.8 Å². The molecule has 3 aromatic rings. The molecule has 0 aromatic carbocycles. The smallest absolute Gasteiger partial charge is 0.422 e. The van der Waals surface area contributed by atoms with E-state index in [1.54, 1.807) is 4.90 Å². The highest BCUT2D eigenvalue weighted by Crippen LogP contribution is 2.19. The van der Waals surface area contributed by atoms with Crippen molar-refractivity contribution < 1.29 is 22.7 Å². The number of carbonyl (C=O) groups excluding carboxylic acids is 1. The number of alkyl halides is 3. The number of imidazole rings is 1. The summed E-state index contributed by atoms with van der Waals surface area (Å²) < 4.78 is 43.4. The van der Waals surface area contributed by atoms with Gasteiger partial charge in [0.1, 0.15) is 5.65 Å². The number of ether oxygens (including phenoxy) is 1. The van der Waals surface area contributed by atoms with Gasteiger partial charge in [-0.15, -0.1) is 0 Å². The Morgan fingerprint density at radius 1 is 1.12 bits per heavy atom. The molecule has 1 amide bonds. The quantitative estimate of drug-likeness (QED) is 0.601. The average molecular weight is 447 g/mol. The summed E-state index contributed by atoms with van der Waals surface area (Å²) in [7, 11) is 0. The maximum absolute atomic E-state index is 12.7. The summed E-state index contributed by atoms with van der Waals surface area (Å²) in [5.41, 5.74) is 4.55. The molecule has 0 N–H and O–H groups in total. The van der Waals surface area contributed by atoms with Crippen LogP contribution in [0.15, 0.2) is 36.7 Å². The number of fused-ring (bicyclic) bond motifs is 1. The molecule has 32 heavy (non-hydrogen) atoms. The Morgan fingerprint density at radius 3 is 2.53 bits per heavy atom. The maximum Gasteiger partial charge on any atom is 0.422 e. The van der Waals surface area contributed by atoms with E-state index in [4.69, 9.17) is 0 Å². The van der Waals surface area contributed by atoms with Gasteiger partial charge in [0.25, 0.3) is 5.91 Å². The Balaban J connectivity index is 1.34. The highest BCUT2D eigenvalue weighted by atomic mass is 19.4. The number of pyridine rings is 2. The summed E-state index contributed by atoms with van der Waals surface area (Å²) in [6, 6.07) is 6.84. The van der Waals surface area contributed by atoms with Gasteiger partial charge in [-0.1, -0.05) is 0 Å². The van der Waals surface area contributed by atoms with E-state index in [-0.39, 0.29) is 11.8 Å². The summed E-state index contributed by atoms with van der Waals surface area (Å²) in [4.78, 5) is 25.2. The zero-order valence-corrected chi connectivity index (χ0v) is 17.9. The lowest BCUT2D eigenvalue weighted by atomic mass is 10.2. The minimum atomic E-state index is -4.43. The molecule has 170 valence electrons. The maximum atomic E-state index is 12.7. The minimum absolute atomic E-state index is 0.165. The third-order valence-corrected chi connectivity index (χ3v) is 5.48. The lowest BCUT2D eigenvalue weighted by molar-refractivity contribution is -0.154. The first kappa shape index (κ1) is 22.1. The molecule has 0 atom stereocenters. The SMILES string of the molecule is Cc1ccn2c(CN3CCN(C(=O)c4ccc(OCC(F)(F)F)nc4)CC3)c(C)nc2c1. The Bertz CT molecular complexity index is 1100. The second-order valence-electron chi connectivity index (χ2n) is 7.93. The molecule has 0 spiro atoms. The van der Waals surface area contributed by atoms with Crippen molar-refractivity contribution in [2.45, 2.75) is 26.6 Å². The van der Waals surface area contributed by atoms with Crippen LogP contribution in [-0.2, 0) is 6.54 Å². The number of carbonyl (C=O) groups is 1. The highest BCUT2D eigenvalue weighted by molar-refractivity contribution is 5.94. The molecule has 1 aliphatic heterocycles. The molecule has 4 heterocycles. The van der Waals surface area contributed by atoms with Gasteiger partial charge < -0.3 is 14.0 Å². The third kappa shape index (κ3) is 5.01. The molecular formula is C22H24F3N5O2. The molecule has 1 aliphatic rings. The van der Waals surface area contributed by atoms with Crippen LogP contribution >= 0.6 is 0 Å². The Morgan fingerprint density at radius 2 is 1.88 bits per heavy atom. The van der Waals surface area contributed by atoms with Crippen LogP contribution in [0.2, 0.25) is 0 Å². The molecule has 0 bridgehead atoms. The van der Waals surface area contributed by atoms with Crippen LogP contribution in [0.4, 0.5) is 13.2 Å². The molecule has 10 heteroatoms. The molecule has 3 aromatic heterocycles. The second-order valence-corrected chi connectivity index (χ2v) is 7.93. The molecular weight excluding hydrogens is 423 g/mol. The number of rotatable bonds is 5. The fourth-order valence-electron chi connectivity index (χ4n) is 3.76. The summed E-state index contributed by atoms with van der Waals surface area (Å²) >= 11 is 0. The highest BCUT2D eigenvalue weighted by Gasteiger charge is 2.29. The van der Waals surface area contributed by atoms with E-state index in [1.165, 1.54) is 18.3 Å². The van der Waals surface area contributed by atoms with Crippen molar-refractivity contribution in [1.82, 2.24) is 24.2 Å². The van der Waals surface area contributed by atoms with Gasteiger partial charge in [-0.2, -0.15) is 13.2 Å². The van der Waals surface area contributed by atoms with Crippen molar-refractivity contribution in [1.29, 1.82) is 0 Å². The standard InChI is InChI=1S/C22H24F3N5O2/c1-15-5-6-30-18(16(2)27-19(30)11-15)13-28-7-9-29(10-8-28)21(31)17-3-4-20(26-12-17)32-14-22(23,24)25/h3-6,11-12H,7-10,13-14H2,1-2H3. The summed E-state index contributed by atoms with van der Waals surface area (Å²) in [5.74, 6) is -0.358. The van der Waals surface area contributed by atoms with Crippen molar-refractivity contribution in [3.8, 4) is 5.88 Å². The van der Waals surface area contributed by atoms with Gasteiger partial charge in [-0.25, -0.2) is 9.97 Å². The fraction of sp³-hybridized carbons (Fsp3) is 0.409. The molecule has 0 saturated carbocycles. The number of hydrogen-bond donors (Lipinski definition) is 0. The molecule has 0 radical (unpaired) electrons. The van der Waals surface area contributed by atoms with Gasteiger partial charge in [0.15, 0.2) is 6.61 Å². The van der Waals surface area contributed by atoms with Crippen molar-refractivity contribution >= 4 is 11.6 Å². The Kier molecular flexibility index (Phi) is 6.05. The normalized spacial score (nSPS) is 15.3. The van der Waals surface area contributed by atoms with E-state index >= 15 is 0 Å². The summed E-state index contributed by atoms with van der Waals surface area (Å²) in [6.45, 7) is 5.91. The second kappa shape index (κ2) is 8.78. The number of nitrogens with zero attached hydrogens (tertiary/aromatic N) is 5. The van der Waals surface area contributed by atoms with Crippen LogP contribution in [-0.4, -0.2) is 69.0 Å². The first-order chi connectivity index (χ1) is 15.2. The molecule has 4 rings (SSSR count). The third-order valence-electron chi connectivity index (χ3n) is 5.48. The van der Waals surface area contributed by atoms with Crippen LogP contribution in [0, 0.1) is 13.8 Å². The van der Waals surface area contributed by atoms with Crippen molar-refractivity contribution in [2.24, 2.45) is 0 Å². The largest absolute Gasteiger partial charge is 0.468 e. The number of halogens is 3. The van der Waals surface area contributed by atoms with Gasteiger partial charge in [0.05, 0.1) is 17.0 Å². The zero-order chi connectivity index (χ0) is 22.9. The van der Waals surface area contributed by atoms with E-state index in [0.717, 1.165) is 29.1 Å². The van der Waals surface area contributed by atoms with Gasteiger partial charge >= 0.3 is 6.18 Å². The minimum Gasteiger partial charge on any atom is -0.468 e. The summed E-state index contributed by atoms with van der Waals surface area (Å²) in [5, 5.41) is 0. The lowest BCUT2D eigenvalue weighted by Crippen LogP contribution is -2.48. The molecule has 0 aliphatic carbocycles. The first-order valence-electron chi connectivity index (χ1n) is 10.3. The predicted molar refractivity (Wildman–Crippen MR) is 112 cm³/mol. The number of aromatic nitrogens is 3. The number of hydrogen-bond acceptors (Lipinski definition) is 5. The Labute approximate surface area is 183 Å². The number of piperazine rings is 1. The van der Waals surface area contributed by atoms with E-state index in [2.05, 4.69) is 36.1 Å². The van der Waals surface area contributed by atoms with Gasteiger partial charge in [-0.05, 0) is 37.6 Å². The van der Waals surface area contributed by atoms with Crippen LogP contribution < -0.4 is 4.74 Å². The Hall–Kier alpha value is -3.14. The molecule has 0 unspecified atom stereocenters. The van der Waals surface area contributed by atoms with Crippen LogP contribution in [0.3, 0.4) is 0 Å². The molecule has 1 saturated heterocycles. The van der Waals surface area contributed by atoms with Gasteiger partial charge in [0, 0.05) is 51.2 Å². The van der Waals surface area contributed by atoms with E-state index in [9.17, 15) is 18.0 Å². The van der Waals surface area contributed by atoms with E-state index in [1.807, 2.05) is 20.0 Å². The monoisotopic (exact) mass is 447 g/mol. The van der Waals surface area contributed by atoms with Crippen molar-refractivity contribution in [3.63, 3.8) is 0 Å². The van der Waals surface area contributed by atoms with Crippen LogP contribution in [0.25, 0.3) is 5.65 Å². The fourth-order valence-corrected chi connectivity index (χ4v) is 3.76. The van der Waals surface area contributed by atoms with Gasteiger partial charge in [-0.3, -0.25) is 9.69 Å². The van der Waals surface area contributed by atoms with Gasteiger partial charge in [0.2, 0.25) is 5.88 Å². The number of amides is 1. The predicted octanol–water partition coefficient (Wildman–Crippen LogP) is 3.25. The summed E-state index contributed by atoms with van der Waals surface area (Å²) in [6.07, 6.45) is -1.14. The topological polar surface area (TPSA) is 63.0 Å². The van der Waals surface area contributed by atoms with Crippen LogP contribution in [0.5, 0.6) is 5.88 Å². The number of aryl methyl sites for hydroxylation is 2. The van der Waals surface area contributed by atoms with E-state index in [0.29, 0.717) is 31.7 Å².